The van der Waals surface area contributed by atoms with Crippen LogP contribution in [0, 0.1) is 17.0 Å². The Morgan fingerprint density at radius 3 is 2.57 bits per heavy atom. The Bertz CT molecular complexity index is 1040. The van der Waals surface area contributed by atoms with E-state index in [-0.39, 0.29) is 23.4 Å². The molecule has 0 aliphatic carbocycles. The molecule has 28 heavy (non-hydrogen) atoms. The van der Waals surface area contributed by atoms with Crippen LogP contribution in [-0.4, -0.2) is 58.8 Å². The minimum Gasteiger partial charge on any atom is -0.477 e. The Kier molecular flexibility index (Phi) is 4.37. The van der Waals surface area contributed by atoms with Crippen LogP contribution in [0.15, 0.2) is 11.0 Å². The second kappa shape index (κ2) is 6.51. The zero-order valence-corrected chi connectivity index (χ0v) is 15.8. The SMILES string of the molecule is CCn1cc(C(=O)O)c(=O)c2c(F)c(F)c(N3CCC4(CCN(C)C4)C3)nc21. The van der Waals surface area contributed by atoms with Crippen molar-refractivity contribution in [3.05, 3.63) is 33.6 Å². The lowest BCUT2D eigenvalue weighted by molar-refractivity contribution is 0.0695. The van der Waals surface area contributed by atoms with Crippen LogP contribution in [-0.2, 0) is 6.54 Å². The van der Waals surface area contributed by atoms with Crippen LogP contribution in [0.5, 0.6) is 0 Å². The summed E-state index contributed by atoms with van der Waals surface area (Å²) in [6, 6.07) is 0. The molecule has 2 aliphatic rings. The van der Waals surface area contributed by atoms with Crippen molar-refractivity contribution in [1.82, 2.24) is 14.5 Å². The first-order valence-corrected chi connectivity index (χ1v) is 9.35. The number of hydrogen-bond acceptors (Lipinski definition) is 5. The number of rotatable bonds is 3. The lowest BCUT2D eigenvalue weighted by atomic mass is 9.86. The maximum absolute atomic E-state index is 14.9. The highest BCUT2D eigenvalue weighted by atomic mass is 19.2. The van der Waals surface area contributed by atoms with Gasteiger partial charge in [-0.25, -0.2) is 14.2 Å². The molecule has 1 atom stereocenters. The van der Waals surface area contributed by atoms with Crippen LogP contribution in [0.4, 0.5) is 14.6 Å². The number of anilines is 1. The summed E-state index contributed by atoms with van der Waals surface area (Å²) in [6.45, 7) is 5.01. The van der Waals surface area contributed by atoms with Crippen molar-refractivity contribution in [3.63, 3.8) is 0 Å². The highest BCUT2D eigenvalue weighted by Crippen LogP contribution is 2.41. The number of hydrogen-bond donors (Lipinski definition) is 1. The topological polar surface area (TPSA) is 78.7 Å². The van der Waals surface area contributed by atoms with E-state index in [4.69, 9.17) is 0 Å². The van der Waals surface area contributed by atoms with E-state index in [9.17, 15) is 23.5 Å². The molecule has 0 amide bonds. The Morgan fingerprint density at radius 1 is 1.25 bits per heavy atom. The average Bonchev–Trinajstić information content (AvgIpc) is 3.23. The van der Waals surface area contributed by atoms with Gasteiger partial charge in [-0.15, -0.1) is 0 Å². The van der Waals surface area contributed by atoms with Gasteiger partial charge >= 0.3 is 5.97 Å². The highest BCUT2D eigenvalue weighted by Gasteiger charge is 2.43. The molecule has 9 heteroatoms. The maximum Gasteiger partial charge on any atom is 0.341 e. The van der Waals surface area contributed by atoms with E-state index < -0.39 is 34.0 Å². The van der Waals surface area contributed by atoms with Gasteiger partial charge in [0.25, 0.3) is 0 Å². The number of pyridine rings is 2. The first-order valence-electron chi connectivity index (χ1n) is 9.35. The Labute approximate surface area is 160 Å². The molecule has 0 aromatic carbocycles. The predicted octanol–water partition coefficient (Wildman–Crippen LogP) is 1.92. The van der Waals surface area contributed by atoms with Gasteiger partial charge in [-0.2, -0.15) is 4.39 Å². The number of fused-ring (bicyclic) bond motifs is 1. The summed E-state index contributed by atoms with van der Waals surface area (Å²) < 4.78 is 31.2. The van der Waals surface area contributed by atoms with E-state index in [1.165, 1.54) is 4.57 Å². The van der Waals surface area contributed by atoms with E-state index in [0.29, 0.717) is 13.1 Å². The number of carbonyl (C=O) groups is 1. The monoisotopic (exact) mass is 392 g/mol. The van der Waals surface area contributed by atoms with Crippen LogP contribution in [0.2, 0.25) is 0 Å². The third-order valence-electron chi connectivity index (χ3n) is 6.01. The fourth-order valence-corrected chi connectivity index (χ4v) is 4.54. The van der Waals surface area contributed by atoms with Gasteiger partial charge in [0.05, 0.1) is 0 Å². The molecule has 1 unspecified atom stereocenters. The third-order valence-corrected chi connectivity index (χ3v) is 6.01. The zero-order chi connectivity index (χ0) is 20.2. The summed E-state index contributed by atoms with van der Waals surface area (Å²) in [4.78, 5) is 32.0. The zero-order valence-electron chi connectivity index (χ0n) is 15.8. The van der Waals surface area contributed by atoms with Crippen molar-refractivity contribution in [3.8, 4) is 0 Å². The van der Waals surface area contributed by atoms with Crippen LogP contribution in [0.25, 0.3) is 11.0 Å². The molecular weight excluding hydrogens is 370 g/mol. The number of carboxylic acids is 1. The van der Waals surface area contributed by atoms with Crippen LogP contribution < -0.4 is 10.3 Å². The smallest absolute Gasteiger partial charge is 0.341 e. The van der Waals surface area contributed by atoms with Gasteiger partial charge in [0.15, 0.2) is 11.6 Å². The second-order valence-corrected chi connectivity index (χ2v) is 7.88. The van der Waals surface area contributed by atoms with E-state index in [2.05, 4.69) is 9.88 Å². The molecule has 150 valence electrons. The Balaban J connectivity index is 1.86. The summed E-state index contributed by atoms with van der Waals surface area (Å²) in [5, 5.41) is 8.60. The fraction of sp³-hybridized carbons (Fsp3) is 0.526. The van der Waals surface area contributed by atoms with E-state index >= 15 is 0 Å². The number of aromatic carboxylic acids is 1. The molecule has 1 N–H and O–H groups in total. The minimum absolute atomic E-state index is 0.0316. The summed E-state index contributed by atoms with van der Waals surface area (Å²) in [5.41, 5.74) is -1.64. The molecule has 4 heterocycles. The van der Waals surface area contributed by atoms with Gasteiger partial charge in [0, 0.05) is 37.8 Å². The van der Waals surface area contributed by atoms with Crippen LogP contribution >= 0.6 is 0 Å². The van der Waals surface area contributed by atoms with E-state index in [1.54, 1.807) is 11.8 Å². The number of nitrogens with zero attached hydrogens (tertiary/aromatic N) is 4. The Morgan fingerprint density at radius 2 is 1.96 bits per heavy atom. The Hall–Kier alpha value is -2.55. The number of aryl methyl sites for hydroxylation is 1. The van der Waals surface area contributed by atoms with Crippen molar-refractivity contribution in [2.24, 2.45) is 5.41 Å². The van der Waals surface area contributed by atoms with Crippen molar-refractivity contribution in [2.75, 3.05) is 38.1 Å². The van der Waals surface area contributed by atoms with Crippen molar-refractivity contribution < 1.29 is 18.7 Å². The normalized spacial score (nSPS) is 22.6. The third kappa shape index (κ3) is 2.76. The van der Waals surface area contributed by atoms with E-state index in [1.807, 2.05) is 7.05 Å². The number of aromatic nitrogens is 2. The van der Waals surface area contributed by atoms with Gasteiger partial charge in [-0.3, -0.25) is 4.79 Å². The molecule has 0 saturated carbocycles. The molecule has 2 aliphatic heterocycles. The molecule has 0 bridgehead atoms. The molecule has 1 spiro atoms. The van der Waals surface area contributed by atoms with Crippen molar-refractivity contribution >= 4 is 22.8 Å². The molecule has 7 nitrogen and oxygen atoms in total. The highest BCUT2D eigenvalue weighted by molar-refractivity contribution is 5.92. The van der Waals surface area contributed by atoms with Crippen molar-refractivity contribution in [2.45, 2.75) is 26.3 Å². The average molecular weight is 392 g/mol. The quantitative estimate of drug-likeness (QED) is 0.860. The van der Waals surface area contributed by atoms with Crippen LogP contribution in [0.1, 0.15) is 30.1 Å². The largest absolute Gasteiger partial charge is 0.477 e. The standard InChI is InChI=1S/C19H22F2N4O3/c1-3-24-8-11(18(27)28)15(26)12-13(20)14(21)17(22-16(12)24)25-7-5-19(10-25)4-6-23(2)9-19/h8H,3-7,9-10H2,1-2H3,(H,27,28). The lowest BCUT2D eigenvalue weighted by Gasteiger charge is -2.25. The summed E-state index contributed by atoms with van der Waals surface area (Å²) >= 11 is 0. The van der Waals surface area contributed by atoms with Gasteiger partial charge < -0.3 is 19.5 Å². The molecule has 2 fully saturated rings. The van der Waals surface area contributed by atoms with Crippen molar-refractivity contribution in [1.29, 1.82) is 0 Å². The summed E-state index contributed by atoms with van der Waals surface area (Å²) in [7, 11) is 2.05. The van der Waals surface area contributed by atoms with Gasteiger partial charge in [-0.05, 0) is 33.4 Å². The number of likely N-dealkylation sites (tertiary alicyclic amines) is 1. The van der Waals surface area contributed by atoms with Gasteiger partial charge in [-0.1, -0.05) is 0 Å². The van der Waals surface area contributed by atoms with E-state index in [0.717, 1.165) is 32.1 Å². The summed E-state index contributed by atoms with van der Waals surface area (Å²) in [5.74, 6) is -4.12. The van der Waals surface area contributed by atoms with Gasteiger partial charge in [0.2, 0.25) is 11.2 Å². The predicted molar refractivity (Wildman–Crippen MR) is 99.9 cm³/mol. The van der Waals surface area contributed by atoms with Gasteiger partial charge in [0.1, 0.15) is 16.6 Å². The second-order valence-electron chi connectivity index (χ2n) is 7.88. The minimum atomic E-state index is -1.48. The molecule has 0 radical (unpaired) electrons. The number of carboxylic acid groups (broad SMARTS) is 1. The molecule has 2 saturated heterocycles. The molecule has 2 aromatic heterocycles. The first-order chi connectivity index (χ1) is 13.3. The number of halogens is 2. The fourth-order valence-electron chi connectivity index (χ4n) is 4.54. The molecule has 4 rings (SSSR count). The summed E-state index contributed by atoms with van der Waals surface area (Å²) in [6.07, 6.45) is 3.01. The maximum atomic E-state index is 14.9. The lowest BCUT2D eigenvalue weighted by Crippen LogP contribution is -2.31. The first kappa shape index (κ1) is 18.8. The van der Waals surface area contributed by atoms with Crippen LogP contribution in [0.3, 0.4) is 0 Å². The molecule has 2 aromatic rings. The molecular formula is C19H22F2N4O3.